The lowest BCUT2D eigenvalue weighted by Crippen LogP contribution is -2.50. The number of nitrogens with one attached hydrogen (secondary N) is 2. The van der Waals surface area contributed by atoms with Gasteiger partial charge in [-0.2, -0.15) is 4.31 Å². The van der Waals surface area contributed by atoms with Gasteiger partial charge in [0.25, 0.3) is 0 Å². The Bertz CT molecular complexity index is 808. The fraction of sp³-hybridized carbons (Fsp3) is 0.474. The summed E-state index contributed by atoms with van der Waals surface area (Å²) in [6.07, 6.45) is 3.59. The van der Waals surface area contributed by atoms with E-state index < -0.39 is 10.0 Å². The maximum atomic E-state index is 12.5. The number of sulfonamides is 1. The second-order valence-electron chi connectivity index (χ2n) is 6.73. The molecule has 154 valence electrons. The van der Waals surface area contributed by atoms with Crippen molar-refractivity contribution < 1.29 is 18.0 Å². The van der Waals surface area contributed by atoms with Crippen LogP contribution in [0.1, 0.15) is 26.2 Å². The summed E-state index contributed by atoms with van der Waals surface area (Å²) in [4.78, 5) is 25.9. The average molecular weight is 409 g/mol. The topological polar surface area (TPSA) is 98.8 Å². The fourth-order valence-corrected chi connectivity index (χ4v) is 4.12. The molecule has 2 N–H and O–H groups in total. The first-order valence-corrected chi connectivity index (χ1v) is 10.7. The molecule has 1 aromatic rings. The predicted molar refractivity (Wildman–Crippen MR) is 109 cm³/mol. The summed E-state index contributed by atoms with van der Waals surface area (Å²) >= 11 is 0. The summed E-state index contributed by atoms with van der Waals surface area (Å²) in [5, 5.41) is 5.71. The number of piperidine rings is 1. The van der Waals surface area contributed by atoms with E-state index in [0.29, 0.717) is 25.2 Å². The largest absolute Gasteiger partial charge is 0.352 e. The molecule has 1 fully saturated rings. The van der Waals surface area contributed by atoms with Gasteiger partial charge in [-0.15, -0.1) is 6.58 Å². The molecule has 1 saturated heterocycles. The molecule has 9 heteroatoms. The van der Waals surface area contributed by atoms with Gasteiger partial charge >= 0.3 is 6.03 Å². The Labute approximate surface area is 166 Å². The molecule has 3 amide bonds. The van der Waals surface area contributed by atoms with Gasteiger partial charge in [0.1, 0.15) is 0 Å². The number of amides is 3. The maximum absolute atomic E-state index is 12.5. The summed E-state index contributed by atoms with van der Waals surface area (Å²) in [5.74, 6) is -0.0227. The van der Waals surface area contributed by atoms with Crippen LogP contribution in [0.25, 0.3) is 0 Å². The number of benzene rings is 1. The third-order valence-electron chi connectivity index (χ3n) is 4.59. The van der Waals surface area contributed by atoms with E-state index in [-0.39, 0.29) is 29.4 Å². The molecule has 0 aromatic heterocycles. The van der Waals surface area contributed by atoms with E-state index in [9.17, 15) is 18.0 Å². The van der Waals surface area contributed by atoms with Crippen LogP contribution >= 0.6 is 0 Å². The van der Waals surface area contributed by atoms with E-state index in [2.05, 4.69) is 17.2 Å². The second kappa shape index (κ2) is 9.70. The molecule has 0 aliphatic carbocycles. The van der Waals surface area contributed by atoms with Crippen LogP contribution in [0.3, 0.4) is 0 Å². The zero-order chi connectivity index (χ0) is 20.7. The summed E-state index contributed by atoms with van der Waals surface area (Å²) in [6, 6.07) is 5.74. The molecule has 1 heterocycles. The van der Waals surface area contributed by atoms with Crippen molar-refractivity contribution in [1.82, 2.24) is 14.5 Å². The molecule has 1 aliphatic rings. The Morgan fingerprint density at radius 2 is 2.00 bits per heavy atom. The van der Waals surface area contributed by atoms with Crippen molar-refractivity contribution >= 4 is 27.6 Å². The van der Waals surface area contributed by atoms with Crippen molar-refractivity contribution in [3.05, 3.63) is 36.9 Å². The molecule has 1 atom stereocenters. The van der Waals surface area contributed by atoms with Crippen molar-refractivity contribution in [3.63, 3.8) is 0 Å². The zero-order valence-corrected chi connectivity index (χ0v) is 17.2. The molecular formula is C19H28N4O4S. The number of hydrogen-bond acceptors (Lipinski definition) is 4. The first-order chi connectivity index (χ1) is 13.3. The van der Waals surface area contributed by atoms with Crippen LogP contribution in [0, 0.1) is 0 Å². The van der Waals surface area contributed by atoms with Crippen molar-refractivity contribution in [2.75, 3.05) is 32.0 Å². The molecule has 28 heavy (non-hydrogen) atoms. The van der Waals surface area contributed by atoms with Crippen LogP contribution in [-0.2, 0) is 14.8 Å². The van der Waals surface area contributed by atoms with E-state index >= 15 is 0 Å². The quantitative estimate of drug-likeness (QED) is 0.674. The highest BCUT2D eigenvalue weighted by atomic mass is 32.2. The van der Waals surface area contributed by atoms with Crippen LogP contribution < -0.4 is 10.6 Å². The van der Waals surface area contributed by atoms with Crippen molar-refractivity contribution in [3.8, 4) is 0 Å². The van der Waals surface area contributed by atoms with Gasteiger partial charge in [-0.25, -0.2) is 13.2 Å². The van der Waals surface area contributed by atoms with Gasteiger partial charge in [0.05, 0.1) is 4.90 Å². The molecule has 8 nitrogen and oxygen atoms in total. The third-order valence-corrected chi connectivity index (χ3v) is 6.43. The standard InChI is InChI=1S/C19H28N4O4S/c1-4-12-22(3)28(26,27)17-10-8-15(9-11-17)21-19(25)23-13-6-7-16(14-23)20-18(24)5-2/h4,8-11,16H,1,5-7,12-14H2,2-3H3,(H,20,24)(H,21,25). The Balaban J connectivity index is 1.99. The molecule has 0 saturated carbocycles. The minimum absolute atomic E-state index is 0.0227. The minimum Gasteiger partial charge on any atom is -0.352 e. The average Bonchev–Trinajstić information content (AvgIpc) is 2.68. The number of nitrogens with zero attached hydrogens (tertiary/aromatic N) is 2. The lowest BCUT2D eigenvalue weighted by Gasteiger charge is -2.33. The number of carbonyl (C=O) groups excluding carboxylic acids is 2. The summed E-state index contributed by atoms with van der Waals surface area (Å²) < 4.78 is 26.0. The first-order valence-electron chi connectivity index (χ1n) is 9.30. The summed E-state index contributed by atoms with van der Waals surface area (Å²) in [5.41, 5.74) is 0.509. The lowest BCUT2D eigenvalue weighted by molar-refractivity contribution is -0.121. The second-order valence-corrected chi connectivity index (χ2v) is 8.78. The highest BCUT2D eigenvalue weighted by Gasteiger charge is 2.25. The molecule has 0 bridgehead atoms. The maximum Gasteiger partial charge on any atom is 0.321 e. The van der Waals surface area contributed by atoms with Crippen LogP contribution in [0.15, 0.2) is 41.8 Å². The van der Waals surface area contributed by atoms with Crippen LogP contribution in [0.5, 0.6) is 0 Å². The normalized spacial score (nSPS) is 17.2. The van der Waals surface area contributed by atoms with Gasteiger partial charge in [0, 0.05) is 44.8 Å². The Morgan fingerprint density at radius 1 is 1.32 bits per heavy atom. The molecule has 1 unspecified atom stereocenters. The van der Waals surface area contributed by atoms with E-state index in [1.165, 1.54) is 29.6 Å². The highest BCUT2D eigenvalue weighted by Crippen LogP contribution is 2.18. The van der Waals surface area contributed by atoms with Crippen LogP contribution in [0.4, 0.5) is 10.5 Å². The van der Waals surface area contributed by atoms with Crippen molar-refractivity contribution in [2.45, 2.75) is 37.1 Å². The number of urea groups is 1. The van der Waals surface area contributed by atoms with Gasteiger partial charge < -0.3 is 15.5 Å². The molecule has 1 aliphatic heterocycles. The molecule has 0 spiro atoms. The van der Waals surface area contributed by atoms with E-state index in [1.54, 1.807) is 24.0 Å². The van der Waals surface area contributed by atoms with E-state index in [0.717, 1.165) is 12.8 Å². The number of anilines is 1. The Morgan fingerprint density at radius 3 is 2.61 bits per heavy atom. The molecule has 0 radical (unpaired) electrons. The Hall–Kier alpha value is -2.39. The van der Waals surface area contributed by atoms with Gasteiger partial charge in [-0.3, -0.25) is 4.79 Å². The number of rotatable bonds is 7. The van der Waals surface area contributed by atoms with Crippen molar-refractivity contribution in [1.29, 1.82) is 0 Å². The predicted octanol–water partition coefficient (Wildman–Crippen LogP) is 2.02. The molecular weight excluding hydrogens is 380 g/mol. The van der Waals surface area contributed by atoms with Crippen LogP contribution in [-0.4, -0.2) is 62.3 Å². The minimum atomic E-state index is -3.59. The third kappa shape index (κ3) is 5.56. The lowest BCUT2D eigenvalue weighted by atomic mass is 10.1. The number of likely N-dealkylation sites (tertiary alicyclic amines) is 1. The first kappa shape index (κ1) is 21.9. The number of likely N-dealkylation sites (N-methyl/N-ethyl adjacent to an activating group) is 1. The van der Waals surface area contributed by atoms with Gasteiger partial charge in [0.15, 0.2) is 0 Å². The van der Waals surface area contributed by atoms with E-state index in [4.69, 9.17) is 0 Å². The highest BCUT2D eigenvalue weighted by molar-refractivity contribution is 7.89. The van der Waals surface area contributed by atoms with Gasteiger partial charge in [-0.1, -0.05) is 13.0 Å². The Kier molecular flexibility index (Phi) is 7.59. The van der Waals surface area contributed by atoms with Gasteiger partial charge in [-0.05, 0) is 37.1 Å². The van der Waals surface area contributed by atoms with Crippen molar-refractivity contribution in [2.24, 2.45) is 0 Å². The smallest absolute Gasteiger partial charge is 0.321 e. The zero-order valence-electron chi connectivity index (χ0n) is 16.3. The fourth-order valence-electron chi connectivity index (χ4n) is 2.98. The SMILES string of the molecule is C=CCN(C)S(=O)(=O)c1ccc(NC(=O)N2CCCC(NC(=O)CC)C2)cc1. The number of carbonyl (C=O) groups is 2. The summed E-state index contributed by atoms with van der Waals surface area (Å²) in [6.45, 7) is 6.62. The van der Waals surface area contributed by atoms with Crippen LogP contribution in [0.2, 0.25) is 0 Å². The van der Waals surface area contributed by atoms with Gasteiger partial charge in [0.2, 0.25) is 15.9 Å². The molecule has 1 aromatic carbocycles. The molecule has 2 rings (SSSR count). The van der Waals surface area contributed by atoms with E-state index in [1.807, 2.05) is 0 Å². The summed E-state index contributed by atoms with van der Waals surface area (Å²) in [7, 11) is -2.11. The number of hydrogen-bond donors (Lipinski definition) is 2. The monoisotopic (exact) mass is 408 g/mol.